The maximum atomic E-state index is 12.4. The van der Waals surface area contributed by atoms with E-state index in [9.17, 15) is 8.42 Å². The number of halogens is 2. The number of ether oxygens (including phenoxy) is 1. The molecule has 130 valence electrons. The van der Waals surface area contributed by atoms with Crippen LogP contribution < -0.4 is 9.46 Å². The van der Waals surface area contributed by atoms with E-state index < -0.39 is 10.0 Å². The van der Waals surface area contributed by atoms with Crippen LogP contribution in [0.2, 0.25) is 10.0 Å². The number of rotatable bonds is 7. The summed E-state index contributed by atoms with van der Waals surface area (Å²) < 4.78 is 32.3. The van der Waals surface area contributed by atoms with Crippen molar-refractivity contribution in [2.75, 3.05) is 19.4 Å². The average Bonchev–Trinajstić information content (AvgIpc) is 2.55. The Morgan fingerprint density at radius 2 is 1.91 bits per heavy atom. The van der Waals surface area contributed by atoms with Crippen molar-refractivity contribution in [3.8, 4) is 5.75 Å². The predicted octanol–water partition coefficient (Wildman–Crippen LogP) is 4.35. The molecule has 2 rings (SSSR count). The molecule has 4 nitrogen and oxygen atoms in total. The Labute approximate surface area is 152 Å². The second-order valence-electron chi connectivity index (χ2n) is 5.42. The quantitative estimate of drug-likeness (QED) is 0.694. The van der Waals surface area contributed by atoms with Gasteiger partial charge in [0.25, 0.3) is 0 Å². The molecule has 1 fully saturated rings. The van der Waals surface area contributed by atoms with E-state index in [2.05, 4.69) is 4.72 Å². The molecule has 0 aliphatic heterocycles. The summed E-state index contributed by atoms with van der Waals surface area (Å²) >= 11 is 13.9. The highest BCUT2D eigenvalue weighted by Crippen LogP contribution is 2.36. The molecule has 0 saturated heterocycles. The molecule has 0 atom stereocenters. The van der Waals surface area contributed by atoms with Crippen molar-refractivity contribution in [3.63, 3.8) is 0 Å². The molecule has 8 heteroatoms. The highest BCUT2D eigenvalue weighted by atomic mass is 35.5. The second kappa shape index (κ2) is 8.81. The number of benzene rings is 1. The van der Waals surface area contributed by atoms with Gasteiger partial charge in [0.1, 0.15) is 15.7 Å². The van der Waals surface area contributed by atoms with E-state index in [0.29, 0.717) is 17.5 Å². The first kappa shape index (κ1) is 19.2. The van der Waals surface area contributed by atoms with Gasteiger partial charge in [-0.3, -0.25) is 0 Å². The molecular formula is C15H21Cl2NO3S2. The molecule has 0 bridgehead atoms. The van der Waals surface area contributed by atoms with Gasteiger partial charge in [-0.15, -0.1) is 0 Å². The van der Waals surface area contributed by atoms with Gasteiger partial charge in [0, 0.05) is 17.5 Å². The third-order valence-electron chi connectivity index (χ3n) is 3.82. The van der Waals surface area contributed by atoms with Crippen molar-refractivity contribution in [2.24, 2.45) is 0 Å². The number of thioether (sulfide) groups is 1. The first-order chi connectivity index (χ1) is 11.0. The van der Waals surface area contributed by atoms with Gasteiger partial charge in [-0.2, -0.15) is 11.8 Å². The minimum absolute atomic E-state index is 0.0153. The normalized spacial score (nSPS) is 16.5. The van der Waals surface area contributed by atoms with Gasteiger partial charge in [-0.1, -0.05) is 42.5 Å². The monoisotopic (exact) mass is 397 g/mol. The Morgan fingerprint density at radius 1 is 1.22 bits per heavy atom. The van der Waals surface area contributed by atoms with Gasteiger partial charge in [-0.05, 0) is 25.0 Å². The smallest absolute Gasteiger partial charge is 0.242 e. The summed E-state index contributed by atoms with van der Waals surface area (Å²) in [5.74, 6) is 1.11. The Hall–Kier alpha value is -0.140. The molecule has 0 heterocycles. The Morgan fingerprint density at radius 3 is 2.57 bits per heavy atom. The lowest BCUT2D eigenvalue weighted by atomic mass is 10.0. The summed E-state index contributed by atoms with van der Waals surface area (Å²) in [6.45, 7) is 0.378. The molecule has 1 aliphatic rings. The maximum absolute atomic E-state index is 12.4. The van der Waals surface area contributed by atoms with Crippen LogP contribution in [0.3, 0.4) is 0 Å². The van der Waals surface area contributed by atoms with Crippen LogP contribution in [0.4, 0.5) is 0 Å². The van der Waals surface area contributed by atoms with E-state index >= 15 is 0 Å². The van der Waals surface area contributed by atoms with Crippen LogP contribution in [-0.2, 0) is 10.0 Å². The Kier molecular flexibility index (Phi) is 7.35. The number of hydrogen-bond donors (Lipinski definition) is 1. The largest absolute Gasteiger partial charge is 0.495 e. The van der Waals surface area contributed by atoms with Crippen molar-refractivity contribution in [1.29, 1.82) is 0 Å². The fourth-order valence-corrected chi connectivity index (χ4v) is 5.81. The molecule has 1 aromatic carbocycles. The number of nitrogens with one attached hydrogen (secondary N) is 1. The standard InChI is InChI=1S/C15H21Cl2NO3S2/c1-21-12-7-8-13(15(17)14(12)16)23(19,20)18-9-10-22-11-5-3-2-4-6-11/h7-8,11,18H,2-6,9-10H2,1H3. The first-order valence-corrected chi connectivity index (χ1v) is 10.9. The van der Waals surface area contributed by atoms with Crippen LogP contribution in [0.25, 0.3) is 0 Å². The minimum atomic E-state index is -3.68. The number of methoxy groups -OCH3 is 1. The first-order valence-electron chi connectivity index (χ1n) is 7.59. The van der Waals surface area contributed by atoms with Crippen LogP contribution >= 0.6 is 35.0 Å². The van der Waals surface area contributed by atoms with Crippen molar-refractivity contribution < 1.29 is 13.2 Å². The topological polar surface area (TPSA) is 55.4 Å². The third kappa shape index (κ3) is 5.16. The fraction of sp³-hybridized carbons (Fsp3) is 0.600. The van der Waals surface area contributed by atoms with E-state index in [1.165, 1.54) is 51.3 Å². The maximum Gasteiger partial charge on any atom is 0.242 e. The SMILES string of the molecule is COc1ccc(S(=O)(=O)NCCSC2CCCCC2)c(Cl)c1Cl. The summed E-state index contributed by atoms with van der Waals surface area (Å²) in [5.41, 5.74) is 0. The molecule has 1 N–H and O–H groups in total. The highest BCUT2D eigenvalue weighted by molar-refractivity contribution is 8.00. The third-order valence-corrected chi connectivity index (χ3v) is 7.68. The summed E-state index contributed by atoms with van der Waals surface area (Å²) in [6.07, 6.45) is 6.35. The van der Waals surface area contributed by atoms with E-state index in [1.54, 1.807) is 0 Å². The van der Waals surface area contributed by atoms with Crippen molar-refractivity contribution in [2.45, 2.75) is 42.2 Å². The van der Waals surface area contributed by atoms with Crippen LogP contribution in [0.5, 0.6) is 5.75 Å². The van der Waals surface area contributed by atoms with Gasteiger partial charge in [-0.25, -0.2) is 13.1 Å². The van der Waals surface area contributed by atoms with Gasteiger partial charge in [0.05, 0.1) is 12.1 Å². The second-order valence-corrected chi connectivity index (χ2v) is 9.32. The molecule has 0 amide bonds. The predicted molar refractivity (Wildman–Crippen MR) is 97.5 cm³/mol. The molecule has 1 aliphatic carbocycles. The summed E-state index contributed by atoms with van der Waals surface area (Å²) in [5, 5.41) is 0.749. The lowest BCUT2D eigenvalue weighted by Gasteiger charge is -2.20. The van der Waals surface area contributed by atoms with Gasteiger partial charge in [0.2, 0.25) is 10.0 Å². The minimum Gasteiger partial charge on any atom is -0.495 e. The molecule has 23 heavy (non-hydrogen) atoms. The van der Waals surface area contributed by atoms with Crippen molar-refractivity contribution in [3.05, 3.63) is 22.2 Å². The summed E-state index contributed by atoms with van der Waals surface area (Å²) in [7, 11) is -2.23. The zero-order valence-corrected chi connectivity index (χ0v) is 16.1. The van der Waals surface area contributed by atoms with Crippen LogP contribution in [-0.4, -0.2) is 33.1 Å². The molecule has 1 aromatic rings. The van der Waals surface area contributed by atoms with Gasteiger partial charge in [0.15, 0.2) is 0 Å². The zero-order valence-electron chi connectivity index (χ0n) is 13.0. The molecule has 0 aromatic heterocycles. The lowest BCUT2D eigenvalue weighted by molar-refractivity contribution is 0.414. The van der Waals surface area contributed by atoms with Crippen molar-refractivity contribution >= 4 is 45.0 Å². The summed E-state index contributed by atoms with van der Waals surface area (Å²) in [4.78, 5) is -0.0207. The van der Waals surface area contributed by atoms with E-state index in [4.69, 9.17) is 27.9 Å². The van der Waals surface area contributed by atoms with Gasteiger partial charge < -0.3 is 4.74 Å². The fourth-order valence-electron chi connectivity index (χ4n) is 2.59. The van der Waals surface area contributed by atoms with E-state index in [0.717, 1.165) is 5.75 Å². The molecule has 0 spiro atoms. The van der Waals surface area contributed by atoms with Crippen LogP contribution in [0.1, 0.15) is 32.1 Å². The molecule has 0 radical (unpaired) electrons. The average molecular weight is 398 g/mol. The number of sulfonamides is 1. The summed E-state index contributed by atoms with van der Waals surface area (Å²) in [6, 6.07) is 2.91. The van der Waals surface area contributed by atoms with Crippen molar-refractivity contribution in [1.82, 2.24) is 4.72 Å². The van der Waals surface area contributed by atoms with Crippen LogP contribution in [0.15, 0.2) is 17.0 Å². The van der Waals surface area contributed by atoms with E-state index in [1.807, 2.05) is 11.8 Å². The Balaban J connectivity index is 1.92. The van der Waals surface area contributed by atoms with Gasteiger partial charge >= 0.3 is 0 Å². The Bertz CT molecular complexity index is 632. The molecule has 0 unspecified atom stereocenters. The van der Waals surface area contributed by atoms with Crippen LogP contribution in [0, 0.1) is 0 Å². The highest BCUT2D eigenvalue weighted by Gasteiger charge is 2.22. The lowest BCUT2D eigenvalue weighted by Crippen LogP contribution is -2.27. The zero-order chi connectivity index (χ0) is 16.9. The molecule has 1 saturated carbocycles. The number of hydrogen-bond acceptors (Lipinski definition) is 4. The van der Waals surface area contributed by atoms with E-state index in [-0.39, 0.29) is 14.9 Å². The molecular weight excluding hydrogens is 377 g/mol.